The van der Waals surface area contributed by atoms with E-state index in [9.17, 15) is 4.79 Å². The number of rotatable bonds is 7. The van der Waals surface area contributed by atoms with Crippen LogP contribution < -0.4 is 0 Å². The molecule has 1 unspecified atom stereocenters. The summed E-state index contributed by atoms with van der Waals surface area (Å²) in [5.74, 6) is 0.0556. The van der Waals surface area contributed by atoms with E-state index in [2.05, 4.69) is 25.8 Å². The molecule has 0 spiro atoms. The molecule has 0 aromatic heterocycles. The Kier molecular flexibility index (Phi) is 4.14. The lowest BCUT2D eigenvalue weighted by Crippen LogP contribution is -2.31. The van der Waals surface area contributed by atoms with Crippen LogP contribution in [0, 0.1) is 11.3 Å². The van der Waals surface area contributed by atoms with Gasteiger partial charge in [0.1, 0.15) is 0 Å². The highest BCUT2D eigenvalue weighted by Crippen LogP contribution is 2.49. The summed E-state index contributed by atoms with van der Waals surface area (Å²) in [5.41, 5.74) is 0.105. The van der Waals surface area contributed by atoms with Crippen molar-refractivity contribution in [1.82, 2.24) is 4.90 Å². The maximum atomic E-state index is 10.7. The molecule has 3 nitrogen and oxygen atoms in total. The lowest BCUT2D eigenvalue weighted by atomic mass is 10.0. The minimum Gasteiger partial charge on any atom is -0.481 e. The lowest BCUT2D eigenvalue weighted by Gasteiger charge is -2.25. The molecule has 15 heavy (non-hydrogen) atoms. The standard InChI is InChI=1S/C12H23NO2/c1-4-10(2)8-13(3)9-12(5-6-12)7-11(14)15/h10H,4-9H2,1-3H3,(H,14,15). The molecule has 1 aliphatic carbocycles. The summed E-state index contributed by atoms with van der Waals surface area (Å²) in [7, 11) is 2.11. The van der Waals surface area contributed by atoms with Crippen molar-refractivity contribution in [3.8, 4) is 0 Å². The molecule has 1 rings (SSSR count). The van der Waals surface area contributed by atoms with Gasteiger partial charge in [-0.1, -0.05) is 20.3 Å². The SMILES string of the molecule is CCC(C)CN(C)CC1(CC(=O)O)CC1. The van der Waals surface area contributed by atoms with Crippen LogP contribution in [0.2, 0.25) is 0 Å². The smallest absolute Gasteiger partial charge is 0.303 e. The molecule has 1 fully saturated rings. The Morgan fingerprint density at radius 2 is 2.13 bits per heavy atom. The molecule has 1 aliphatic rings. The molecule has 0 amide bonds. The quantitative estimate of drug-likeness (QED) is 0.705. The normalized spacial score (nSPS) is 20.3. The van der Waals surface area contributed by atoms with Crippen LogP contribution >= 0.6 is 0 Å². The van der Waals surface area contributed by atoms with E-state index in [1.165, 1.54) is 6.42 Å². The number of hydrogen-bond acceptors (Lipinski definition) is 2. The summed E-state index contributed by atoms with van der Waals surface area (Å²) in [6.07, 6.45) is 3.71. The topological polar surface area (TPSA) is 40.5 Å². The van der Waals surface area contributed by atoms with Gasteiger partial charge >= 0.3 is 5.97 Å². The molecule has 0 bridgehead atoms. The zero-order valence-electron chi connectivity index (χ0n) is 10.1. The number of hydrogen-bond donors (Lipinski definition) is 1. The minimum absolute atomic E-state index is 0.105. The van der Waals surface area contributed by atoms with Crippen LogP contribution in [0.1, 0.15) is 39.5 Å². The fourth-order valence-corrected chi connectivity index (χ4v) is 2.19. The van der Waals surface area contributed by atoms with Crippen molar-refractivity contribution in [3.63, 3.8) is 0 Å². The van der Waals surface area contributed by atoms with Crippen LogP contribution in [0.15, 0.2) is 0 Å². The summed E-state index contributed by atoms with van der Waals surface area (Å²) < 4.78 is 0. The van der Waals surface area contributed by atoms with Gasteiger partial charge in [-0.25, -0.2) is 0 Å². The third kappa shape index (κ3) is 4.20. The lowest BCUT2D eigenvalue weighted by molar-refractivity contribution is -0.138. The average molecular weight is 213 g/mol. The maximum absolute atomic E-state index is 10.7. The summed E-state index contributed by atoms with van der Waals surface area (Å²) in [5, 5.41) is 8.81. The molecule has 0 aromatic rings. The molecule has 88 valence electrons. The molecule has 0 heterocycles. The monoisotopic (exact) mass is 213 g/mol. The minimum atomic E-state index is -0.649. The molecule has 1 saturated carbocycles. The van der Waals surface area contributed by atoms with Gasteiger partial charge in [-0.3, -0.25) is 4.79 Å². The predicted octanol–water partition coefficient (Wildman–Crippen LogP) is 2.22. The third-order valence-corrected chi connectivity index (χ3v) is 3.41. The van der Waals surface area contributed by atoms with Crippen LogP contribution in [0.25, 0.3) is 0 Å². The highest BCUT2D eigenvalue weighted by atomic mass is 16.4. The molecule has 0 saturated heterocycles. The van der Waals surface area contributed by atoms with Crippen LogP contribution in [0.4, 0.5) is 0 Å². The van der Waals surface area contributed by atoms with Gasteiger partial charge in [-0.15, -0.1) is 0 Å². The van der Waals surface area contributed by atoms with Gasteiger partial charge < -0.3 is 10.0 Å². The molecular formula is C12H23NO2. The molecule has 0 aromatic carbocycles. The van der Waals surface area contributed by atoms with Crippen molar-refractivity contribution in [3.05, 3.63) is 0 Å². The Morgan fingerprint density at radius 1 is 1.53 bits per heavy atom. The zero-order chi connectivity index (χ0) is 11.5. The molecule has 1 N–H and O–H groups in total. The van der Waals surface area contributed by atoms with E-state index in [-0.39, 0.29) is 5.41 Å². The first kappa shape index (κ1) is 12.5. The number of carbonyl (C=O) groups is 1. The fraction of sp³-hybridized carbons (Fsp3) is 0.917. The van der Waals surface area contributed by atoms with E-state index in [4.69, 9.17) is 5.11 Å². The highest BCUT2D eigenvalue weighted by Gasteiger charge is 2.44. The second kappa shape index (κ2) is 4.97. The second-order valence-corrected chi connectivity index (χ2v) is 5.28. The number of aliphatic carboxylic acids is 1. The molecular weight excluding hydrogens is 190 g/mol. The fourth-order valence-electron chi connectivity index (χ4n) is 2.19. The number of carboxylic acid groups (broad SMARTS) is 1. The Morgan fingerprint density at radius 3 is 2.53 bits per heavy atom. The van der Waals surface area contributed by atoms with Gasteiger partial charge in [-0.05, 0) is 31.2 Å². The first-order valence-corrected chi connectivity index (χ1v) is 5.88. The zero-order valence-corrected chi connectivity index (χ0v) is 10.1. The van der Waals surface area contributed by atoms with Crippen LogP contribution in [0.3, 0.4) is 0 Å². The molecule has 1 atom stereocenters. The molecule has 0 radical (unpaired) electrons. The first-order chi connectivity index (χ1) is 6.97. The van der Waals surface area contributed by atoms with Crippen molar-refractivity contribution >= 4 is 5.97 Å². The number of nitrogens with zero attached hydrogens (tertiary/aromatic N) is 1. The van der Waals surface area contributed by atoms with E-state index in [0.717, 1.165) is 25.9 Å². The van der Waals surface area contributed by atoms with Crippen molar-refractivity contribution in [1.29, 1.82) is 0 Å². The Labute approximate surface area is 92.5 Å². The summed E-state index contributed by atoms with van der Waals surface area (Å²) in [4.78, 5) is 13.0. The van der Waals surface area contributed by atoms with E-state index in [1.54, 1.807) is 0 Å². The largest absolute Gasteiger partial charge is 0.481 e. The van der Waals surface area contributed by atoms with Crippen molar-refractivity contribution < 1.29 is 9.90 Å². The van der Waals surface area contributed by atoms with Crippen molar-refractivity contribution in [2.45, 2.75) is 39.5 Å². The van der Waals surface area contributed by atoms with E-state index in [0.29, 0.717) is 12.3 Å². The second-order valence-electron chi connectivity index (χ2n) is 5.28. The van der Waals surface area contributed by atoms with Gasteiger partial charge in [0.2, 0.25) is 0 Å². The van der Waals surface area contributed by atoms with Crippen LogP contribution in [-0.4, -0.2) is 36.1 Å². The summed E-state index contributed by atoms with van der Waals surface area (Å²) in [6, 6.07) is 0. The van der Waals surface area contributed by atoms with Gasteiger partial charge in [0.15, 0.2) is 0 Å². The average Bonchev–Trinajstić information content (AvgIpc) is 2.82. The Hall–Kier alpha value is -0.570. The Bertz CT molecular complexity index is 224. The third-order valence-electron chi connectivity index (χ3n) is 3.41. The van der Waals surface area contributed by atoms with Gasteiger partial charge in [0, 0.05) is 13.1 Å². The van der Waals surface area contributed by atoms with E-state index in [1.807, 2.05) is 0 Å². The Balaban J connectivity index is 2.31. The first-order valence-electron chi connectivity index (χ1n) is 5.88. The van der Waals surface area contributed by atoms with Crippen LogP contribution in [0.5, 0.6) is 0 Å². The van der Waals surface area contributed by atoms with Gasteiger partial charge in [-0.2, -0.15) is 0 Å². The number of carboxylic acids is 1. The van der Waals surface area contributed by atoms with Crippen LogP contribution in [-0.2, 0) is 4.79 Å². The van der Waals surface area contributed by atoms with E-state index >= 15 is 0 Å². The van der Waals surface area contributed by atoms with E-state index < -0.39 is 5.97 Å². The molecule has 3 heteroatoms. The van der Waals surface area contributed by atoms with Crippen molar-refractivity contribution in [2.24, 2.45) is 11.3 Å². The van der Waals surface area contributed by atoms with Gasteiger partial charge in [0.05, 0.1) is 6.42 Å². The maximum Gasteiger partial charge on any atom is 0.303 e. The predicted molar refractivity (Wildman–Crippen MR) is 60.9 cm³/mol. The summed E-state index contributed by atoms with van der Waals surface area (Å²) in [6.45, 7) is 6.47. The molecule has 0 aliphatic heterocycles. The highest BCUT2D eigenvalue weighted by molar-refractivity contribution is 5.68. The summed E-state index contributed by atoms with van der Waals surface area (Å²) >= 11 is 0. The van der Waals surface area contributed by atoms with Crippen molar-refractivity contribution in [2.75, 3.05) is 20.1 Å². The van der Waals surface area contributed by atoms with Gasteiger partial charge in [0.25, 0.3) is 0 Å².